The molecule has 9 heteroatoms. The molecule has 0 saturated heterocycles. The molecule has 0 aliphatic carbocycles. The molecule has 0 atom stereocenters. The summed E-state index contributed by atoms with van der Waals surface area (Å²) < 4.78 is 30.9. The highest BCUT2D eigenvalue weighted by Crippen LogP contribution is 2.29. The van der Waals surface area contributed by atoms with Crippen molar-refractivity contribution in [3.8, 4) is 5.69 Å². The van der Waals surface area contributed by atoms with Crippen LogP contribution in [0.1, 0.15) is 0 Å². The number of hydrogen-bond acceptors (Lipinski definition) is 7. The molecule has 1 aliphatic rings. The number of pyridine rings is 1. The van der Waals surface area contributed by atoms with Gasteiger partial charge in [0.25, 0.3) is 5.56 Å². The van der Waals surface area contributed by atoms with E-state index >= 15 is 0 Å². The first-order valence-corrected chi connectivity index (χ1v) is 8.20. The maximum Gasteiger partial charge on any atom is 0.355 e. The normalized spacial score (nSPS) is 14.0. The van der Waals surface area contributed by atoms with E-state index in [0.29, 0.717) is 5.69 Å². The minimum absolute atomic E-state index is 0.0192. The molecule has 0 fully saturated rings. The maximum absolute atomic E-state index is 14.9. The van der Waals surface area contributed by atoms with E-state index in [0.717, 1.165) is 20.3 Å². The smallest absolute Gasteiger partial charge is 0.355 e. The number of halogens is 1. The number of carbonyl (C=O) groups excluding carboxylic acids is 2. The fourth-order valence-corrected chi connectivity index (χ4v) is 2.84. The molecule has 1 aromatic carbocycles. The third kappa shape index (κ3) is 3.52. The van der Waals surface area contributed by atoms with Gasteiger partial charge in [0.15, 0.2) is 0 Å². The van der Waals surface area contributed by atoms with Crippen molar-refractivity contribution in [1.82, 2.24) is 4.57 Å². The third-order valence-corrected chi connectivity index (χ3v) is 4.16. The van der Waals surface area contributed by atoms with Gasteiger partial charge in [-0.15, -0.1) is 0 Å². The highest BCUT2D eigenvalue weighted by Gasteiger charge is 2.33. The number of carbonyl (C=O) groups is 2. The van der Waals surface area contributed by atoms with Gasteiger partial charge in [0.05, 0.1) is 37.8 Å². The van der Waals surface area contributed by atoms with Crippen molar-refractivity contribution in [2.45, 2.75) is 0 Å². The molecule has 146 valence electrons. The van der Waals surface area contributed by atoms with Gasteiger partial charge in [0.1, 0.15) is 18.2 Å². The fourth-order valence-electron chi connectivity index (χ4n) is 2.84. The molecule has 2 heterocycles. The van der Waals surface area contributed by atoms with E-state index in [1.165, 1.54) is 33.9 Å². The molecule has 0 saturated carbocycles. The Morgan fingerprint density at radius 3 is 2.50 bits per heavy atom. The number of esters is 2. The molecule has 0 amide bonds. The van der Waals surface area contributed by atoms with Crippen LogP contribution in [0.15, 0.2) is 58.7 Å². The van der Waals surface area contributed by atoms with Crippen LogP contribution in [0.4, 0.5) is 10.1 Å². The number of anilines is 1. The molecular formula is C19H17FN2O6. The summed E-state index contributed by atoms with van der Waals surface area (Å²) in [5.41, 5.74) is -0.276. The number of hydrogen-bond donors (Lipinski definition) is 0. The lowest BCUT2D eigenvalue weighted by Gasteiger charge is -2.31. The lowest BCUT2D eigenvalue weighted by atomic mass is 10.1. The highest BCUT2D eigenvalue weighted by molar-refractivity contribution is 6.03. The monoisotopic (exact) mass is 388 g/mol. The minimum atomic E-state index is -0.827. The van der Waals surface area contributed by atoms with E-state index in [9.17, 15) is 18.8 Å². The van der Waals surface area contributed by atoms with Gasteiger partial charge in [-0.25, -0.2) is 14.0 Å². The van der Waals surface area contributed by atoms with E-state index in [2.05, 4.69) is 4.74 Å². The summed E-state index contributed by atoms with van der Waals surface area (Å²) in [6.07, 6.45) is 1.51. The minimum Gasteiger partial charge on any atom is -0.466 e. The van der Waals surface area contributed by atoms with Gasteiger partial charge in [-0.1, -0.05) is 6.07 Å². The molecule has 8 nitrogen and oxygen atoms in total. The first-order chi connectivity index (χ1) is 13.5. The Kier molecular flexibility index (Phi) is 5.55. The quantitative estimate of drug-likeness (QED) is 0.731. The van der Waals surface area contributed by atoms with Crippen LogP contribution in [-0.2, 0) is 23.8 Å². The van der Waals surface area contributed by atoms with Gasteiger partial charge in [0, 0.05) is 18.3 Å². The molecule has 0 unspecified atom stereocenters. The Morgan fingerprint density at radius 2 is 1.86 bits per heavy atom. The highest BCUT2D eigenvalue weighted by atomic mass is 19.1. The van der Waals surface area contributed by atoms with Crippen LogP contribution >= 0.6 is 0 Å². The predicted molar refractivity (Wildman–Crippen MR) is 96.4 cm³/mol. The molecule has 1 aromatic heterocycles. The Morgan fingerprint density at radius 1 is 1.11 bits per heavy atom. The second-order valence-corrected chi connectivity index (χ2v) is 5.76. The molecule has 0 N–H and O–H groups in total. The van der Waals surface area contributed by atoms with E-state index in [-0.39, 0.29) is 35.9 Å². The van der Waals surface area contributed by atoms with Crippen LogP contribution in [0.25, 0.3) is 5.69 Å². The number of methoxy groups -OCH3 is 2. The van der Waals surface area contributed by atoms with Crippen LogP contribution in [0.5, 0.6) is 0 Å². The number of rotatable bonds is 4. The summed E-state index contributed by atoms with van der Waals surface area (Å²) in [6.45, 7) is -0.348. The summed E-state index contributed by atoms with van der Waals surface area (Å²) in [5, 5.41) is 0. The zero-order valence-corrected chi connectivity index (χ0v) is 15.2. The third-order valence-electron chi connectivity index (χ3n) is 4.16. The van der Waals surface area contributed by atoms with Crippen LogP contribution in [0.2, 0.25) is 0 Å². The number of aromatic nitrogens is 1. The summed E-state index contributed by atoms with van der Waals surface area (Å²) in [5.74, 6) is -2.33. The number of benzene rings is 1. The lowest BCUT2D eigenvalue weighted by molar-refractivity contribution is -0.140. The second kappa shape index (κ2) is 8.05. The number of nitrogens with zero attached hydrogens (tertiary/aromatic N) is 2. The molecule has 2 aromatic rings. The fraction of sp³-hybridized carbons (Fsp3) is 0.211. The van der Waals surface area contributed by atoms with Crippen LogP contribution in [0, 0.1) is 5.82 Å². The van der Waals surface area contributed by atoms with Crippen molar-refractivity contribution in [3.63, 3.8) is 0 Å². The Labute approximate surface area is 159 Å². The summed E-state index contributed by atoms with van der Waals surface area (Å²) >= 11 is 0. The van der Waals surface area contributed by atoms with Crippen molar-refractivity contribution in [2.75, 3.05) is 32.5 Å². The first kappa shape index (κ1) is 19.3. The van der Waals surface area contributed by atoms with Crippen molar-refractivity contribution in [3.05, 3.63) is 70.0 Å². The average molecular weight is 388 g/mol. The van der Waals surface area contributed by atoms with Crippen molar-refractivity contribution < 1.29 is 28.2 Å². The molecule has 1 aliphatic heterocycles. The van der Waals surface area contributed by atoms with Crippen molar-refractivity contribution in [2.24, 2.45) is 0 Å². The van der Waals surface area contributed by atoms with E-state index < -0.39 is 17.8 Å². The number of ether oxygens (including phenoxy) is 3. The largest absolute Gasteiger partial charge is 0.466 e. The molecule has 0 bridgehead atoms. The van der Waals surface area contributed by atoms with Gasteiger partial charge < -0.3 is 19.1 Å². The zero-order chi connectivity index (χ0) is 20.3. The molecule has 0 radical (unpaired) electrons. The van der Waals surface area contributed by atoms with Gasteiger partial charge in [-0.3, -0.25) is 9.36 Å². The van der Waals surface area contributed by atoms with Crippen LogP contribution in [-0.4, -0.2) is 44.1 Å². The summed E-state index contributed by atoms with van der Waals surface area (Å²) in [7, 11) is 2.31. The second-order valence-electron chi connectivity index (χ2n) is 5.76. The average Bonchev–Trinajstić information content (AvgIpc) is 2.72. The zero-order valence-electron chi connectivity index (χ0n) is 15.2. The standard InChI is InChI=1S/C19H17FN2O6/c1-26-18(24)13-10-28-11-22(17(13)19(25)27-2)15-7-6-12(9-14(15)20)21-8-4-3-5-16(21)23/h3-9H,10-11H2,1-2H3. The van der Waals surface area contributed by atoms with Gasteiger partial charge in [-0.2, -0.15) is 0 Å². The summed E-state index contributed by atoms with van der Waals surface area (Å²) in [4.78, 5) is 37.4. The van der Waals surface area contributed by atoms with Crippen LogP contribution in [0.3, 0.4) is 0 Å². The Bertz CT molecular complexity index is 1010. The topological polar surface area (TPSA) is 87.1 Å². The van der Waals surface area contributed by atoms with Crippen LogP contribution < -0.4 is 10.5 Å². The van der Waals surface area contributed by atoms with Gasteiger partial charge in [0.2, 0.25) is 0 Å². The Balaban J connectivity index is 2.09. The van der Waals surface area contributed by atoms with Gasteiger partial charge in [-0.05, 0) is 18.2 Å². The molecular weight excluding hydrogens is 371 g/mol. The lowest BCUT2D eigenvalue weighted by Crippen LogP contribution is -2.39. The van der Waals surface area contributed by atoms with E-state index in [1.54, 1.807) is 12.1 Å². The molecule has 0 spiro atoms. The van der Waals surface area contributed by atoms with E-state index in [1.807, 2.05) is 0 Å². The summed E-state index contributed by atoms with van der Waals surface area (Å²) in [6, 6.07) is 8.63. The Hall–Kier alpha value is -3.46. The molecule has 28 heavy (non-hydrogen) atoms. The first-order valence-electron chi connectivity index (χ1n) is 8.20. The maximum atomic E-state index is 14.9. The SMILES string of the molecule is COC(=O)C1=C(C(=O)OC)N(c2ccc(-n3ccccc3=O)cc2F)COC1. The molecule has 3 rings (SSSR count). The van der Waals surface area contributed by atoms with Crippen molar-refractivity contribution >= 4 is 17.6 Å². The van der Waals surface area contributed by atoms with Crippen molar-refractivity contribution in [1.29, 1.82) is 0 Å². The van der Waals surface area contributed by atoms with E-state index in [4.69, 9.17) is 9.47 Å². The predicted octanol–water partition coefficient (Wildman–Crippen LogP) is 1.37. The van der Waals surface area contributed by atoms with Gasteiger partial charge >= 0.3 is 11.9 Å².